The van der Waals surface area contributed by atoms with Gasteiger partial charge < -0.3 is 15.8 Å². The number of hydrogen-bond acceptors (Lipinski definition) is 4. The summed E-state index contributed by atoms with van der Waals surface area (Å²) in [6, 6.07) is 13.1. The molecule has 3 N–H and O–H groups in total. The van der Waals surface area contributed by atoms with Gasteiger partial charge in [-0.25, -0.2) is 0 Å². The third kappa shape index (κ3) is 2.37. The van der Waals surface area contributed by atoms with Crippen LogP contribution in [0.4, 0.5) is 5.69 Å². The molecule has 0 saturated carbocycles. The van der Waals surface area contributed by atoms with Gasteiger partial charge in [0.25, 0.3) is 0 Å². The van der Waals surface area contributed by atoms with E-state index in [1.165, 1.54) is 0 Å². The lowest BCUT2D eigenvalue weighted by atomic mass is 10.1. The molecule has 1 aliphatic heterocycles. The molecule has 0 spiro atoms. The first-order valence-corrected chi connectivity index (χ1v) is 7.01. The average molecular weight is 286 g/mol. The first-order chi connectivity index (χ1) is 9.67. The number of amides is 1. The maximum absolute atomic E-state index is 11.5. The van der Waals surface area contributed by atoms with Gasteiger partial charge in [0.1, 0.15) is 11.8 Å². The first-order valence-electron chi connectivity index (χ1n) is 6.19. The zero-order valence-corrected chi connectivity index (χ0v) is 11.7. The highest BCUT2D eigenvalue weighted by molar-refractivity contribution is 7.99. The van der Waals surface area contributed by atoms with E-state index in [1.54, 1.807) is 18.9 Å². The van der Waals surface area contributed by atoms with Crippen LogP contribution in [0.25, 0.3) is 0 Å². The molecule has 3 rings (SSSR count). The number of carbonyl (C=O) groups excluding carboxylic acids is 1. The van der Waals surface area contributed by atoms with E-state index in [-0.39, 0.29) is 5.91 Å². The van der Waals surface area contributed by atoms with Crippen LogP contribution in [0.1, 0.15) is 11.6 Å². The molecular formula is C15H14N2O2S. The lowest BCUT2D eigenvalue weighted by Gasteiger charge is -2.06. The molecule has 0 fully saturated rings. The number of rotatable bonds is 3. The number of carbonyl (C=O) groups is 1. The molecule has 2 aromatic carbocycles. The summed E-state index contributed by atoms with van der Waals surface area (Å²) in [6.07, 6.45) is 0. The summed E-state index contributed by atoms with van der Waals surface area (Å²) in [5.74, 6) is 0.676. The van der Waals surface area contributed by atoms with E-state index >= 15 is 0 Å². The Morgan fingerprint density at radius 1 is 1.20 bits per heavy atom. The van der Waals surface area contributed by atoms with Crippen molar-refractivity contribution in [2.45, 2.75) is 15.8 Å². The Balaban J connectivity index is 1.86. The van der Waals surface area contributed by atoms with Gasteiger partial charge in [-0.1, -0.05) is 23.9 Å². The fourth-order valence-corrected chi connectivity index (χ4v) is 3.04. The van der Waals surface area contributed by atoms with Gasteiger partial charge in [0.2, 0.25) is 5.91 Å². The molecule has 0 saturated heterocycles. The number of benzene rings is 2. The van der Waals surface area contributed by atoms with E-state index in [4.69, 9.17) is 10.5 Å². The van der Waals surface area contributed by atoms with Crippen molar-refractivity contribution in [1.29, 1.82) is 0 Å². The normalized spacial score (nSPS) is 16.7. The first kappa shape index (κ1) is 13.0. The minimum Gasteiger partial charge on any atom is -0.497 e. The Bertz CT molecular complexity index is 673. The van der Waals surface area contributed by atoms with Gasteiger partial charge in [0.05, 0.1) is 7.11 Å². The molecule has 1 unspecified atom stereocenters. The van der Waals surface area contributed by atoms with Crippen LogP contribution in [-0.2, 0) is 4.79 Å². The SMILES string of the molecule is COc1cccc(Sc2ccc3c(c2)NC(=O)C3N)c1. The minimum absolute atomic E-state index is 0.150. The largest absolute Gasteiger partial charge is 0.497 e. The van der Waals surface area contributed by atoms with Gasteiger partial charge in [0, 0.05) is 21.0 Å². The number of ether oxygens (including phenoxy) is 1. The molecule has 0 bridgehead atoms. The maximum Gasteiger partial charge on any atom is 0.245 e. The molecule has 1 amide bonds. The van der Waals surface area contributed by atoms with Crippen LogP contribution in [0.2, 0.25) is 0 Å². The van der Waals surface area contributed by atoms with Crippen LogP contribution in [0.3, 0.4) is 0 Å². The van der Waals surface area contributed by atoms with Crippen LogP contribution in [0.15, 0.2) is 52.3 Å². The van der Waals surface area contributed by atoms with Crippen molar-refractivity contribution >= 4 is 23.4 Å². The smallest absolute Gasteiger partial charge is 0.245 e. The highest BCUT2D eigenvalue weighted by Gasteiger charge is 2.26. The third-order valence-electron chi connectivity index (χ3n) is 3.18. The molecule has 1 atom stereocenters. The highest BCUT2D eigenvalue weighted by atomic mass is 32.2. The maximum atomic E-state index is 11.5. The lowest BCUT2D eigenvalue weighted by Crippen LogP contribution is -2.19. The number of methoxy groups -OCH3 is 1. The quantitative estimate of drug-likeness (QED) is 0.910. The number of nitrogens with one attached hydrogen (secondary N) is 1. The van der Waals surface area contributed by atoms with E-state index in [0.29, 0.717) is 0 Å². The summed E-state index contributed by atoms with van der Waals surface area (Å²) in [6.45, 7) is 0. The molecule has 1 aliphatic rings. The van der Waals surface area contributed by atoms with Crippen molar-refractivity contribution < 1.29 is 9.53 Å². The van der Waals surface area contributed by atoms with Gasteiger partial charge in [-0.3, -0.25) is 4.79 Å². The van der Waals surface area contributed by atoms with E-state index in [1.807, 2.05) is 42.5 Å². The molecule has 1 heterocycles. The third-order valence-corrected chi connectivity index (χ3v) is 4.16. The summed E-state index contributed by atoms with van der Waals surface area (Å²) in [5, 5.41) is 2.79. The molecule has 20 heavy (non-hydrogen) atoms. The second kappa shape index (κ2) is 5.19. The van der Waals surface area contributed by atoms with Gasteiger partial charge in [-0.15, -0.1) is 0 Å². The standard InChI is InChI=1S/C15H14N2O2S/c1-19-9-3-2-4-10(7-9)20-11-5-6-12-13(8-11)17-15(18)14(12)16/h2-8,14H,16H2,1H3,(H,17,18). The van der Waals surface area contributed by atoms with E-state index < -0.39 is 6.04 Å². The van der Waals surface area contributed by atoms with Crippen molar-refractivity contribution in [1.82, 2.24) is 0 Å². The summed E-state index contributed by atoms with van der Waals surface area (Å²) < 4.78 is 5.21. The zero-order valence-electron chi connectivity index (χ0n) is 10.9. The van der Waals surface area contributed by atoms with Gasteiger partial charge in [-0.05, 0) is 30.3 Å². The van der Waals surface area contributed by atoms with Gasteiger partial charge in [-0.2, -0.15) is 0 Å². The van der Waals surface area contributed by atoms with Gasteiger partial charge in [0.15, 0.2) is 0 Å². The highest BCUT2D eigenvalue weighted by Crippen LogP contribution is 2.36. The second-order valence-corrected chi connectivity index (χ2v) is 5.64. The Labute approximate surface area is 121 Å². The van der Waals surface area contributed by atoms with Crippen LogP contribution in [0, 0.1) is 0 Å². The summed E-state index contributed by atoms with van der Waals surface area (Å²) in [4.78, 5) is 13.7. The molecule has 0 aromatic heterocycles. The van der Waals surface area contributed by atoms with Gasteiger partial charge >= 0.3 is 0 Å². The molecule has 0 radical (unpaired) electrons. The molecule has 0 aliphatic carbocycles. The fraction of sp³-hybridized carbons (Fsp3) is 0.133. The van der Waals surface area contributed by atoms with E-state index in [2.05, 4.69) is 5.32 Å². The zero-order chi connectivity index (χ0) is 14.1. The summed E-state index contributed by atoms with van der Waals surface area (Å²) in [7, 11) is 1.65. The Kier molecular flexibility index (Phi) is 3.38. The van der Waals surface area contributed by atoms with Crippen molar-refractivity contribution in [3.63, 3.8) is 0 Å². The van der Waals surface area contributed by atoms with Crippen molar-refractivity contribution in [3.8, 4) is 5.75 Å². The fourth-order valence-electron chi connectivity index (χ4n) is 2.13. The van der Waals surface area contributed by atoms with Crippen molar-refractivity contribution in [2.24, 2.45) is 5.73 Å². The molecule has 102 valence electrons. The average Bonchev–Trinajstić information content (AvgIpc) is 2.74. The van der Waals surface area contributed by atoms with E-state index in [9.17, 15) is 4.79 Å². The summed E-state index contributed by atoms with van der Waals surface area (Å²) >= 11 is 1.61. The number of hydrogen-bond donors (Lipinski definition) is 2. The topological polar surface area (TPSA) is 64.3 Å². The van der Waals surface area contributed by atoms with Crippen molar-refractivity contribution in [2.75, 3.05) is 12.4 Å². The van der Waals surface area contributed by atoms with Crippen LogP contribution < -0.4 is 15.8 Å². The van der Waals surface area contributed by atoms with Crippen molar-refractivity contribution in [3.05, 3.63) is 48.0 Å². The van der Waals surface area contributed by atoms with Crippen LogP contribution >= 0.6 is 11.8 Å². The molecule has 4 nitrogen and oxygen atoms in total. The molecular weight excluding hydrogens is 272 g/mol. The Morgan fingerprint density at radius 2 is 2.00 bits per heavy atom. The molecule has 2 aromatic rings. The van der Waals surface area contributed by atoms with E-state index in [0.717, 1.165) is 26.8 Å². The Hall–Kier alpha value is -1.98. The predicted octanol–water partition coefficient (Wildman–Crippen LogP) is 2.80. The monoisotopic (exact) mass is 286 g/mol. The van der Waals surface area contributed by atoms with Crippen LogP contribution in [0.5, 0.6) is 5.75 Å². The minimum atomic E-state index is -0.555. The number of anilines is 1. The summed E-state index contributed by atoms with van der Waals surface area (Å²) in [5.41, 5.74) is 7.45. The molecule has 5 heteroatoms. The second-order valence-electron chi connectivity index (χ2n) is 4.50. The predicted molar refractivity (Wildman–Crippen MR) is 79.1 cm³/mol. The number of fused-ring (bicyclic) bond motifs is 1. The lowest BCUT2D eigenvalue weighted by molar-refractivity contribution is -0.116. The Morgan fingerprint density at radius 3 is 2.80 bits per heavy atom. The van der Waals surface area contributed by atoms with Crippen LogP contribution in [-0.4, -0.2) is 13.0 Å². The number of nitrogens with two attached hydrogens (primary N) is 1.